The summed E-state index contributed by atoms with van der Waals surface area (Å²) in [4.78, 5) is 23.6. The molecule has 25 heavy (non-hydrogen) atoms. The molecule has 2 aromatic carbocycles. The third-order valence-corrected chi connectivity index (χ3v) is 3.88. The number of carboxylic acids is 1. The van der Waals surface area contributed by atoms with Crippen LogP contribution >= 0.6 is 0 Å². The molecule has 7 heteroatoms. The minimum Gasteiger partial charge on any atom is -0.480 e. The van der Waals surface area contributed by atoms with Gasteiger partial charge in [0.15, 0.2) is 5.41 Å². The van der Waals surface area contributed by atoms with Crippen molar-refractivity contribution in [2.24, 2.45) is 0 Å². The number of ether oxygens (including phenoxy) is 1. The second-order valence-electron chi connectivity index (χ2n) is 5.47. The molecule has 1 N–H and O–H groups in total. The number of carbonyl (C=O) groups excluding carboxylic acids is 1. The summed E-state index contributed by atoms with van der Waals surface area (Å²) in [5, 5.41) is 9.41. The van der Waals surface area contributed by atoms with Crippen molar-refractivity contribution in [3.05, 3.63) is 59.4 Å². The summed E-state index contributed by atoms with van der Waals surface area (Å²) >= 11 is 0. The molecule has 0 heterocycles. The summed E-state index contributed by atoms with van der Waals surface area (Å²) in [5.41, 5.74) is -2.63. The van der Waals surface area contributed by atoms with Gasteiger partial charge in [0, 0.05) is 17.2 Å². The lowest BCUT2D eigenvalue weighted by Gasteiger charge is -2.23. The van der Waals surface area contributed by atoms with Gasteiger partial charge in [-0.15, -0.1) is 0 Å². The Morgan fingerprint density at radius 1 is 1.04 bits per heavy atom. The summed E-state index contributed by atoms with van der Waals surface area (Å²) in [7, 11) is 0. The molecule has 0 spiro atoms. The van der Waals surface area contributed by atoms with E-state index in [9.17, 15) is 27.9 Å². The SMILES string of the molecule is CCOC(=O)C(C)(C(=O)O)c1ccc(-c2ccc(F)cc2F)c(F)c1. The lowest BCUT2D eigenvalue weighted by Crippen LogP contribution is -2.42. The van der Waals surface area contributed by atoms with Crippen LogP contribution in [-0.2, 0) is 19.7 Å². The zero-order valence-electron chi connectivity index (χ0n) is 13.5. The van der Waals surface area contributed by atoms with E-state index in [1.165, 1.54) is 13.0 Å². The van der Waals surface area contributed by atoms with Crippen LogP contribution in [-0.4, -0.2) is 23.7 Å². The Morgan fingerprint density at radius 2 is 1.60 bits per heavy atom. The Balaban J connectivity index is 2.54. The molecule has 0 radical (unpaired) electrons. The summed E-state index contributed by atoms with van der Waals surface area (Å²) in [6.45, 7) is 2.57. The normalized spacial score (nSPS) is 13.2. The number of halogens is 3. The fraction of sp³-hybridized carbons (Fsp3) is 0.222. The van der Waals surface area contributed by atoms with Crippen LogP contribution in [0.5, 0.6) is 0 Å². The van der Waals surface area contributed by atoms with E-state index in [-0.39, 0.29) is 23.3 Å². The third-order valence-electron chi connectivity index (χ3n) is 3.88. The Kier molecular flexibility index (Phi) is 5.15. The first-order valence-corrected chi connectivity index (χ1v) is 7.37. The summed E-state index contributed by atoms with van der Waals surface area (Å²) in [5.74, 6) is -5.26. The van der Waals surface area contributed by atoms with Crippen LogP contribution in [0, 0.1) is 17.5 Å². The first-order chi connectivity index (χ1) is 11.7. The van der Waals surface area contributed by atoms with Gasteiger partial charge in [-0.1, -0.05) is 12.1 Å². The molecule has 0 saturated heterocycles. The van der Waals surface area contributed by atoms with Crippen molar-refractivity contribution in [2.75, 3.05) is 6.61 Å². The van der Waals surface area contributed by atoms with Crippen molar-refractivity contribution in [1.29, 1.82) is 0 Å². The molecular weight excluding hydrogens is 337 g/mol. The van der Waals surface area contributed by atoms with E-state index >= 15 is 0 Å². The Hall–Kier alpha value is -2.83. The highest BCUT2D eigenvalue weighted by Gasteiger charge is 2.45. The van der Waals surface area contributed by atoms with Gasteiger partial charge in [-0.3, -0.25) is 9.59 Å². The smallest absolute Gasteiger partial charge is 0.327 e. The predicted octanol–water partition coefficient (Wildman–Crippen LogP) is 3.68. The van der Waals surface area contributed by atoms with Crippen LogP contribution in [0.3, 0.4) is 0 Å². The molecule has 2 rings (SSSR count). The van der Waals surface area contributed by atoms with E-state index in [1.807, 2.05) is 0 Å². The van der Waals surface area contributed by atoms with E-state index in [1.54, 1.807) is 0 Å². The number of carbonyl (C=O) groups is 2. The maximum Gasteiger partial charge on any atom is 0.327 e. The zero-order chi connectivity index (χ0) is 18.8. The van der Waals surface area contributed by atoms with Gasteiger partial charge in [0.05, 0.1) is 6.61 Å². The number of hydrogen-bond acceptors (Lipinski definition) is 3. The van der Waals surface area contributed by atoms with Crippen LogP contribution < -0.4 is 0 Å². The topological polar surface area (TPSA) is 63.6 Å². The zero-order valence-corrected chi connectivity index (χ0v) is 13.5. The summed E-state index contributed by atoms with van der Waals surface area (Å²) in [6, 6.07) is 5.84. The summed E-state index contributed by atoms with van der Waals surface area (Å²) < 4.78 is 46.0. The Bertz CT molecular complexity index is 835. The molecule has 0 aliphatic heterocycles. The van der Waals surface area contributed by atoms with Gasteiger partial charge >= 0.3 is 11.9 Å². The summed E-state index contributed by atoms with van der Waals surface area (Å²) in [6.07, 6.45) is 0. The fourth-order valence-electron chi connectivity index (χ4n) is 2.36. The van der Waals surface area contributed by atoms with Crippen molar-refractivity contribution in [1.82, 2.24) is 0 Å². The van der Waals surface area contributed by atoms with Crippen LogP contribution in [0.4, 0.5) is 13.2 Å². The molecular formula is C18H15F3O4. The highest BCUT2D eigenvalue weighted by Crippen LogP contribution is 2.32. The fourth-order valence-corrected chi connectivity index (χ4v) is 2.36. The van der Waals surface area contributed by atoms with Crippen molar-refractivity contribution in [3.8, 4) is 11.1 Å². The van der Waals surface area contributed by atoms with Gasteiger partial charge in [0.2, 0.25) is 0 Å². The number of aliphatic carboxylic acids is 1. The molecule has 0 saturated carbocycles. The van der Waals surface area contributed by atoms with E-state index in [0.29, 0.717) is 6.07 Å². The van der Waals surface area contributed by atoms with Crippen molar-refractivity contribution in [3.63, 3.8) is 0 Å². The Morgan fingerprint density at radius 3 is 2.08 bits per heavy atom. The second kappa shape index (κ2) is 6.96. The molecule has 132 valence electrons. The molecule has 1 atom stereocenters. The quantitative estimate of drug-likeness (QED) is 0.659. The molecule has 0 aliphatic carbocycles. The number of esters is 1. The van der Waals surface area contributed by atoms with E-state index in [0.717, 1.165) is 31.2 Å². The van der Waals surface area contributed by atoms with E-state index in [4.69, 9.17) is 4.74 Å². The van der Waals surface area contributed by atoms with Gasteiger partial charge in [0.25, 0.3) is 0 Å². The van der Waals surface area contributed by atoms with Crippen LogP contribution in [0.1, 0.15) is 19.4 Å². The Labute approximate surface area is 141 Å². The minimum atomic E-state index is -2.11. The molecule has 0 aliphatic rings. The van der Waals surface area contributed by atoms with Gasteiger partial charge in [-0.2, -0.15) is 0 Å². The number of hydrogen-bond donors (Lipinski definition) is 1. The molecule has 0 fully saturated rings. The van der Waals surface area contributed by atoms with Crippen LogP contribution in [0.15, 0.2) is 36.4 Å². The molecule has 0 aromatic heterocycles. The molecule has 0 bridgehead atoms. The lowest BCUT2D eigenvalue weighted by atomic mass is 9.81. The average Bonchev–Trinajstić information content (AvgIpc) is 2.54. The van der Waals surface area contributed by atoms with Crippen molar-refractivity contribution in [2.45, 2.75) is 19.3 Å². The first-order valence-electron chi connectivity index (χ1n) is 7.37. The van der Waals surface area contributed by atoms with Crippen LogP contribution in [0.25, 0.3) is 11.1 Å². The van der Waals surface area contributed by atoms with Crippen molar-refractivity contribution < 1.29 is 32.6 Å². The number of rotatable bonds is 5. The second-order valence-corrected chi connectivity index (χ2v) is 5.47. The van der Waals surface area contributed by atoms with Crippen molar-refractivity contribution >= 4 is 11.9 Å². The van der Waals surface area contributed by atoms with Gasteiger partial charge in [0.1, 0.15) is 17.5 Å². The number of benzene rings is 2. The number of carboxylic acid groups (broad SMARTS) is 1. The van der Waals surface area contributed by atoms with Gasteiger partial charge in [-0.05, 0) is 37.6 Å². The maximum atomic E-state index is 14.5. The standard InChI is InChI=1S/C18H15F3O4/c1-3-25-17(24)18(2,16(22)23)10-4-6-12(14(20)8-10)13-7-5-11(19)9-15(13)21/h4-9H,3H2,1-2H3,(H,22,23). The van der Waals surface area contributed by atoms with Crippen LogP contribution in [0.2, 0.25) is 0 Å². The maximum absolute atomic E-state index is 14.5. The molecule has 0 amide bonds. The highest BCUT2D eigenvalue weighted by molar-refractivity contribution is 6.05. The average molecular weight is 352 g/mol. The van der Waals surface area contributed by atoms with E-state index < -0.39 is 34.8 Å². The minimum absolute atomic E-state index is 0.0386. The molecule has 2 aromatic rings. The third kappa shape index (κ3) is 3.35. The van der Waals surface area contributed by atoms with Gasteiger partial charge in [-0.25, -0.2) is 13.2 Å². The highest BCUT2D eigenvalue weighted by atomic mass is 19.1. The lowest BCUT2D eigenvalue weighted by molar-refractivity contribution is -0.160. The molecule has 1 unspecified atom stereocenters. The van der Waals surface area contributed by atoms with Gasteiger partial charge < -0.3 is 9.84 Å². The monoisotopic (exact) mass is 352 g/mol. The molecule has 4 nitrogen and oxygen atoms in total. The first kappa shape index (κ1) is 18.5. The predicted molar refractivity (Wildman–Crippen MR) is 83.4 cm³/mol. The van der Waals surface area contributed by atoms with E-state index in [2.05, 4.69) is 0 Å². The largest absolute Gasteiger partial charge is 0.480 e.